The molecule has 0 fully saturated rings. The van der Waals surface area contributed by atoms with E-state index in [9.17, 15) is 15.2 Å². The summed E-state index contributed by atoms with van der Waals surface area (Å²) in [5.41, 5.74) is 0.496. The van der Waals surface area contributed by atoms with Crippen molar-refractivity contribution in [3.05, 3.63) is 56.8 Å². The standard InChI is InChI=1S/C14H13BrN2O4/c1-2-14(18)13-4-3-11(8-16-13)21-12-6-9(15)5-10(7-12)17(19)20/h3-8,14,18H,2H2,1H3/t14-/m1/s1. The zero-order valence-electron chi connectivity index (χ0n) is 11.2. The fraction of sp³-hybridized carbons (Fsp3) is 0.214. The first-order valence-electron chi connectivity index (χ1n) is 6.26. The molecule has 0 amide bonds. The Bertz CT molecular complexity index is 646. The second-order valence-electron chi connectivity index (χ2n) is 4.35. The van der Waals surface area contributed by atoms with Gasteiger partial charge in [0.25, 0.3) is 5.69 Å². The van der Waals surface area contributed by atoms with Crippen LogP contribution in [0.5, 0.6) is 11.5 Å². The molecule has 1 atom stereocenters. The normalized spacial score (nSPS) is 12.0. The van der Waals surface area contributed by atoms with E-state index in [4.69, 9.17) is 4.74 Å². The minimum atomic E-state index is -0.606. The summed E-state index contributed by atoms with van der Waals surface area (Å²) in [7, 11) is 0. The van der Waals surface area contributed by atoms with Crippen molar-refractivity contribution < 1.29 is 14.8 Å². The minimum absolute atomic E-state index is 0.0645. The fourth-order valence-corrected chi connectivity index (χ4v) is 2.17. The molecular formula is C14H13BrN2O4. The summed E-state index contributed by atoms with van der Waals surface area (Å²) in [6, 6.07) is 7.68. The maximum absolute atomic E-state index is 10.8. The summed E-state index contributed by atoms with van der Waals surface area (Å²) < 4.78 is 6.09. The predicted octanol–water partition coefficient (Wildman–Crippen LogP) is 3.99. The molecule has 0 aliphatic heterocycles. The Morgan fingerprint density at radius 3 is 2.71 bits per heavy atom. The van der Waals surface area contributed by atoms with Gasteiger partial charge in [-0.3, -0.25) is 15.1 Å². The number of rotatable bonds is 5. The van der Waals surface area contributed by atoms with Crippen molar-refractivity contribution in [2.45, 2.75) is 19.4 Å². The van der Waals surface area contributed by atoms with Gasteiger partial charge in [-0.05, 0) is 24.6 Å². The summed E-state index contributed by atoms with van der Waals surface area (Å²) in [4.78, 5) is 14.4. The third-order valence-electron chi connectivity index (χ3n) is 2.79. The number of non-ortho nitro benzene ring substituents is 1. The Labute approximate surface area is 129 Å². The van der Waals surface area contributed by atoms with E-state index in [-0.39, 0.29) is 5.69 Å². The van der Waals surface area contributed by atoms with Crippen molar-refractivity contribution in [3.63, 3.8) is 0 Å². The Kier molecular flexibility index (Phi) is 4.87. The minimum Gasteiger partial charge on any atom is -0.455 e. The average molecular weight is 353 g/mol. The molecule has 0 saturated carbocycles. The average Bonchev–Trinajstić information content (AvgIpc) is 2.46. The van der Waals surface area contributed by atoms with Gasteiger partial charge in [-0.1, -0.05) is 22.9 Å². The molecule has 1 aromatic carbocycles. The summed E-state index contributed by atoms with van der Waals surface area (Å²) in [5.74, 6) is 0.774. The lowest BCUT2D eigenvalue weighted by Gasteiger charge is -2.09. The summed E-state index contributed by atoms with van der Waals surface area (Å²) >= 11 is 3.20. The number of nitro benzene ring substituents is 1. The Morgan fingerprint density at radius 2 is 2.14 bits per heavy atom. The van der Waals surface area contributed by atoms with Crippen LogP contribution in [-0.2, 0) is 0 Å². The van der Waals surface area contributed by atoms with Crippen LogP contribution in [0.25, 0.3) is 0 Å². The van der Waals surface area contributed by atoms with Crippen molar-refractivity contribution in [3.8, 4) is 11.5 Å². The lowest BCUT2D eigenvalue weighted by molar-refractivity contribution is -0.385. The Morgan fingerprint density at radius 1 is 1.38 bits per heavy atom. The second kappa shape index (κ2) is 6.64. The van der Waals surface area contributed by atoms with Crippen LogP contribution in [0.15, 0.2) is 41.0 Å². The first-order chi connectivity index (χ1) is 9.99. The molecule has 0 saturated heterocycles. The Balaban J connectivity index is 2.20. The lowest BCUT2D eigenvalue weighted by Crippen LogP contribution is -1.98. The van der Waals surface area contributed by atoms with Crippen LogP contribution in [0.3, 0.4) is 0 Å². The number of aromatic nitrogens is 1. The molecule has 1 N–H and O–H groups in total. The number of pyridine rings is 1. The molecule has 2 rings (SSSR count). The van der Waals surface area contributed by atoms with Crippen LogP contribution in [0, 0.1) is 10.1 Å². The fourth-order valence-electron chi connectivity index (χ4n) is 1.71. The maximum atomic E-state index is 10.8. The predicted molar refractivity (Wildman–Crippen MR) is 80.4 cm³/mol. The first-order valence-corrected chi connectivity index (χ1v) is 7.05. The molecule has 0 spiro atoms. The highest BCUT2D eigenvalue weighted by Gasteiger charge is 2.11. The number of nitro groups is 1. The highest BCUT2D eigenvalue weighted by molar-refractivity contribution is 9.10. The Hall–Kier alpha value is -1.99. The monoisotopic (exact) mass is 352 g/mol. The smallest absolute Gasteiger partial charge is 0.274 e. The molecule has 7 heteroatoms. The molecule has 110 valence electrons. The van der Waals surface area contributed by atoms with Crippen LogP contribution in [0.4, 0.5) is 5.69 Å². The van der Waals surface area contributed by atoms with Crippen LogP contribution in [-0.4, -0.2) is 15.0 Å². The number of hydrogen-bond donors (Lipinski definition) is 1. The lowest BCUT2D eigenvalue weighted by atomic mass is 10.2. The molecule has 0 unspecified atom stereocenters. The highest BCUT2D eigenvalue weighted by atomic mass is 79.9. The number of hydrogen-bond acceptors (Lipinski definition) is 5. The van der Waals surface area contributed by atoms with Crippen LogP contribution in [0.2, 0.25) is 0 Å². The van der Waals surface area contributed by atoms with E-state index in [1.54, 1.807) is 18.2 Å². The van der Waals surface area contributed by atoms with Crippen LogP contribution in [0.1, 0.15) is 25.1 Å². The van der Waals surface area contributed by atoms with Gasteiger partial charge in [0.2, 0.25) is 0 Å². The molecule has 0 aliphatic rings. The van der Waals surface area contributed by atoms with E-state index in [1.165, 1.54) is 18.3 Å². The van der Waals surface area contributed by atoms with Gasteiger partial charge in [0.15, 0.2) is 0 Å². The molecule has 1 heterocycles. The van der Waals surface area contributed by atoms with Crippen LogP contribution >= 0.6 is 15.9 Å². The van der Waals surface area contributed by atoms with Crippen molar-refractivity contribution >= 4 is 21.6 Å². The highest BCUT2D eigenvalue weighted by Crippen LogP contribution is 2.29. The van der Waals surface area contributed by atoms with Crippen LogP contribution < -0.4 is 4.74 Å². The number of benzene rings is 1. The molecule has 2 aromatic rings. The molecule has 0 bridgehead atoms. The van der Waals surface area contributed by atoms with Gasteiger partial charge in [-0.15, -0.1) is 0 Å². The van der Waals surface area contributed by atoms with E-state index in [1.807, 2.05) is 6.92 Å². The van der Waals surface area contributed by atoms with E-state index >= 15 is 0 Å². The van der Waals surface area contributed by atoms with E-state index in [2.05, 4.69) is 20.9 Å². The van der Waals surface area contributed by atoms with Crippen molar-refractivity contribution in [1.82, 2.24) is 4.98 Å². The number of halogens is 1. The maximum Gasteiger partial charge on any atom is 0.274 e. The zero-order valence-corrected chi connectivity index (χ0v) is 12.8. The summed E-state index contributed by atoms with van der Waals surface area (Å²) in [6.07, 6.45) is 1.44. The zero-order chi connectivity index (χ0) is 15.4. The van der Waals surface area contributed by atoms with Gasteiger partial charge >= 0.3 is 0 Å². The molecule has 0 radical (unpaired) electrons. The second-order valence-corrected chi connectivity index (χ2v) is 5.26. The third-order valence-corrected chi connectivity index (χ3v) is 3.25. The van der Waals surface area contributed by atoms with E-state index in [0.29, 0.717) is 28.1 Å². The molecule has 6 nitrogen and oxygen atoms in total. The molecule has 0 aliphatic carbocycles. The molecule has 21 heavy (non-hydrogen) atoms. The van der Waals surface area contributed by atoms with Crippen molar-refractivity contribution in [2.75, 3.05) is 0 Å². The van der Waals surface area contributed by atoms with Crippen molar-refractivity contribution in [2.24, 2.45) is 0 Å². The quantitative estimate of drug-likeness (QED) is 0.649. The van der Waals surface area contributed by atoms with Gasteiger partial charge in [0.05, 0.1) is 29.0 Å². The van der Waals surface area contributed by atoms with Gasteiger partial charge in [0.1, 0.15) is 11.5 Å². The number of nitrogens with zero attached hydrogens (tertiary/aromatic N) is 2. The summed E-state index contributed by atoms with van der Waals surface area (Å²) in [5, 5.41) is 20.5. The molecular weight excluding hydrogens is 340 g/mol. The van der Waals surface area contributed by atoms with E-state index < -0.39 is 11.0 Å². The van der Waals surface area contributed by atoms with Crippen molar-refractivity contribution in [1.29, 1.82) is 0 Å². The summed E-state index contributed by atoms with van der Waals surface area (Å²) in [6.45, 7) is 1.86. The largest absolute Gasteiger partial charge is 0.455 e. The third kappa shape index (κ3) is 3.99. The van der Waals surface area contributed by atoms with Gasteiger partial charge < -0.3 is 9.84 Å². The number of aliphatic hydroxyl groups excluding tert-OH is 1. The van der Waals surface area contributed by atoms with Gasteiger partial charge in [-0.25, -0.2) is 0 Å². The number of aliphatic hydroxyl groups is 1. The molecule has 1 aromatic heterocycles. The van der Waals surface area contributed by atoms with Gasteiger partial charge in [0, 0.05) is 10.5 Å². The number of ether oxygens (including phenoxy) is 1. The van der Waals surface area contributed by atoms with Gasteiger partial charge in [-0.2, -0.15) is 0 Å². The van der Waals surface area contributed by atoms with E-state index in [0.717, 1.165) is 0 Å². The SMILES string of the molecule is CC[C@@H](O)c1ccc(Oc2cc(Br)cc([N+](=O)[O-])c2)cn1. The topological polar surface area (TPSA) is 85.5 Å². The first kappa shape index (κ1) is 15.4.